The van der Waals surface area contributed by atoms with Gasteiger partial charge in [0.2, 0.25) is 0 Å². The van der Waals surface area contributed by atoms with Crippen LogP contribution < -0.4 is 9.47 Å². The molecule has 0 saturated heterocycles. The third-order valence-corrected chi connectivity index (χ3v) is 4.77. The quantitative estimate of drug-likeness (QED) is 0.285. The Balaban J connectivity index is 1.59. The van der Waals surface area contributed by atoms with E-state index in [9.17, 15) is 19.2 Å². The molecular formula is C28H22O8. The van der Waals surface area contributed by atoms with Gasteiger partial charge in [-0.15, -0.1) is 0 Å². The lowest BCUT2D eigenvalue weighted by atomic mass is 10.1. The molecule has 2 N–H and O–H groups in total. The molecule has 0 amide bonds. The Hall–Kier alpha value is -4.98. The molecule has 36 heavy (non-hydrogen) atoms. The number of hydrogen-bond acceptors (Lipinski definition) is 6. The van der Waals surface area contributed by atoms with E-state index in [-0.39, 0.29) is 11.6 Å². The smallest absolute Gasteiger partial charge is 0.341 e. The summed E-state index contributed by atoms with van der Waals surface area (Å²) in [6.07, 6.45) is 6.17. The van der Waals surface area contributed by atoms with Crippen LogP contribution in [0.1, 0.15) is 31.8 Å². The van der Waals surface area contributed by atoms with Crippen molar-refractivity contribution >= 4 is 35.7 Å². The van der Waals surface area contributed by atoms with Crippen molar-refractivity contribution in [1.82, 2.24) is 0 Å². The van der Waals surface area contributed by atoms with E-state index in [0.717, 1.165) is 11.1 Å². The summed E-state index contributed by atoms with van der Waals surface area (Å²) in [7, 11) is 0. The van der Waals surface area contributed by atoms with E-state index in [0.29, 0.717) is 22.6 Å². The highest BCUT2D eigenvalue weighted by Crippen LogP contribution is 2.16. The number of ketones is 2. The number of aliphatic carboxylic acids is 2. The van der Waals surface area contributed by atoms with Crippen LogP contribution in [0.4, 0.5) is 0 Å². The number of carbonyl (C=O) groups excluding carboxylic acids is 2. The van der Waals surface area contributed by atoms with Gasteiger partial charge >= 0.3 is 11.9 Å². The number of carbonyl (C=O) groups is 4. The number of allylic oxidation sites excluding steroid dienone is 2. The second-order valence-corrected chi connectivity index (χ2v) is 7.48. The van der Waals surface area contributed by atoms with Gasteiger partial charge in [-0.25, -0.2) is 9.59 Å². The molecule has 0 bridgehead atoms. The highest BCUT2D eigenvalue weighted by atomic mass is 16.5. The van der Waals surface area contributed by atoms with E-state index in [2.05, 4.69) is 0 Å². The van der Waals surface area contributed by atoms with E-state index >= 15 is 0 Å². The second-order valence-electron chi connectivity index (χ2n) is 7.48. The van der Waals surface area contributed by atoms with Crippen LogP contribution in [0, 0.1) is 0 Å². The number of benzene rings is 3. The molecule has 0 heterocycles. The van der Waals surface area contributed by atoms with Gasteiger partial charge in [0.25, 0.3) is 0 Å². The normalized spacial score (nSPS) is 10.9. The molecule has 0 aliphatic heterocycles. The minimum Gasteiger partial charge on any atom is -0.482 e. The molecule has 0 atom stereocenters. The van der Waals surface area contributed by atoms with Gasteiger partial charge in [-0.2, -0.15) is 0 Å². The number of hydrogen-bond donors (Lipinski definition) is 2. The summed E-state index contributed by atoms with van der Waals surface area (Å²) in [5.41, 5.74) is 2.38. The molecule has 0 aliphatic rings. The van der Waals surface area contributed by atoms with Crippen LogP contribution in [-0.2, 0) is 9.59 Å². The Kier molecular flexibility index (Phi) is 8.88. The Bertz CT molecular complexity index is 1200. The molecule has 0 aliphatic carbocycles. The predicted molar refractivity (Wildman–Crippen MR) is 132 cm³/mol. The van der Waals surface area contributed by atoms with Gasteiger partial charge in [0.15, 0.2) is 24.8 Å². The van der Waals surface area contributed by atoms with Crippen molar-refractivity contribution in [3.05, 3.63) is 107 Å². The van der Waals surface area contributed by atoms with Crippen molar-refractivity contribution in [3.8, 4) is 11.5 Å². The van der Waals surface area contributed by atoms with Crippen LogP contribution in [0.3, 0.4) is 0 Å². The highest BCUT2D eigenvalue weighted by Gasteiger charge is 2.05. The SMILES string of the molecule is O=C(O)COc1ccc(C(=O)/C=C/c2cccc(/C=C/C(=O)c3ccc(OCC(=O)O)cc3)c2)cc1. The number of carboxylic acids is 2. The summed E-state index contributed by atoms with van der Waals surface area (Å²) in [6, 6.07) is 19.6. The summed E-state index contributed by atoms with van der Waals surface area (Å²) in [5.74, 6) is -1.92. The zero-order chi connectivity index (χ0) is 25.9. The molecule has 182 valence electrons. The monoisotopic (exact) mass is 486 g/mol. The van der Waals surface area contributed by atoms with Crippen molar-refractivity contribution in [1.29, 1.82) is 0 Å². The van der Waals surface area contributed by atoms with E-state index in [1.807, 2.05) is 18.2 Å². The van der Waals surface area contributed by atoms with E-state index in [1.165, 1.54) is 36.4 Å². The minimum absolute atomic E-state index is 0.230. The fourth-order valence-corrected chi connectivity index (χ4v) is 3.02. The molecule has 0 spiro atoms. The molecule has 0 radical (unpaired) electrons. The molecule has 3 rings (SSSR count). The average Bonchev–Trinajstić information content (AvgIpc) is 2.88. The second kappa shape index (κ2) is 12.5. The summed E-state index contributed by atoms with van der Waals surface area (Å²) < 4.78 is 10.1. The summed E-state index contributed by atoms with van der Waals surface area (Å²) >= 11 is 0. The molecule has 8 heteroatoms. The summed E-state index contributed by atoms with van der Waals surface area (Å²) in [6.45, 7) is -0.918. The topological polar surface area (TPSA) is 127 Å². The van der Waals surface area contributed by atoms with Gasteiger partial charge in [0.1, 0.15) is 11.5 Å². The molecule has 0 aromatic heterocycles. The van der Waals surface area contributed by atoms with Gasteiger partial charge in [-0.05, 0) is 77.9 Å². The van der Waals surface area contributed by atoms with Gasteiger partial charge < -0.3 is 19.7 Å². The van der Waals surface area contributed by atoms with Crippen molar-refractivity contribution in [3.63, 3.8) is 0 Å². The van der Waals surface area contributed by atoms with Crippen LogP contribution >= 0.6 is 0 Å². The molecule has 0 unspecified atom stereocenters. The van der Waals surface area contributed by atoms with Crippen LogP contribution in [0.2, 0.25) is 0 Å². The minimum atomic E-state index is -1.08. The lowest BCUT2D eigenvalue weighted by Crippen LogP contribution is -2.09. The summed E-state index contributed by atoms with van der Waals surface area (Å²) in [4.78, 5) is 46.0. The lowest BCUT2D eigenvalue weighted by molar-refractivity contribution is -0.140. The largest absolute Gasteiger partial charge is 0.482 e. The van der Waals surface area contributed by atoms with Crippen molar-refractivity contribution < 1.29 is 38.9 Å². The number of carboxylic acid groups (broad SMARTS) is 2. The van der Waals surface area contributed by atoms with Crippen LogP contribution in [0.25, 0.3) is 12.2 Å². The number of rotatable bonds is 12. The predicted octanol–water partition coefficient (Wildman–Crippen LogP) is 4.41. The fraction of sp³-hybridized carbons (Fsp3) is 0.0714. The molecular weight excluding hydrogens is 464 g/mol. The van der Waals surface area contributed by atoms with Gasteiger partial charge in [-0.1, -0.05) is 30.4 Å². The van der Waals surface area contributed by atoms with Gasteiger partial charge in [0.05, 0.1) is 0 Å². The first kappa shape index (κ1) is 25.6. The third kappa shape index (κ3) is 8.11. The third-order valence-electron chi connectivity index (χ3n) is 4.77. The molecule has 0 fully saturated rings. The lowest BCUT2D eigenvalue weighted by Gasteiger charge is -2.03. The summed E-state index contributed by atoms with van der Waals surface area (Å²) in [5, 5.41) is 17.3. The van der Waals surface area contributed by atoms with Crippen molar-refractivity contribution in [2.24, 2.45) is 0 Å². The highest BCUT2D eigenvalue weighted by molar-refractivity contribution is 6.07. The van der Waals surface area contributed by atoms with Crippen molar-refractivity contribution in [2.45, 2.75) is 0 Å². The Morgan fingerprint density at radius 2 is 1.00 bits per heavy atom. The Labute approximate surface area is 206 Å². The zero-order valence-electron chi connectivity index (χ0n) is 19.0. The molecule has 3 aromatic rings. The first-order valence-electron chi connectivity index (χ1n) is 10.7. The Morgan fingerprint density at radius 1 is 0.611 bits per heavy atom. The van der Waals surface area contributed by atoms with Gasteiger partial charge in [-0.3, -0.25) is 9.59 Å². The Morgan fingerprint density at radius 3 is 1.36 bits per heavy atom. The maximum atomic E-state index is 12.4. The maximum Gasteiger partial charge on any atom is 0.341 e. The molecule has 3 aromatic carbocycles. The van der Waals surface area contributed by atoms with Crippen LogP contribution in [0.5, 0.6) is 11.5 Å². The number of ether oxygens (including phenoxy) is 2. The standard InChI is InChI=1S/C28H22O8/c29-25(21-6-10-23(11-7-21)35-17-27(31)32)14-4-19-2-1-3-20(16-19)5-15-26(30)22-8-12-24(13-9-22)36-18-28(33)34/h1-16H,17-18H2,(H,31,32)(H,33,34)/b14-4+,15-5+. The average molecular weight is 486 g/mol. The van der Waals surface area contributed by atoms with Gasteiger partial charge in [0, 0.05) is 11.1 Å². The zero-order valence-corrected chi connectivity index (χ0v) is 19.0. The van der Waals surface area contributed by atoms with Crippen molar-refractivity contribution in [2.75, 3.05) is 13.2 Å². The van der Waals surface area contributed by atoms with E-state index in [4.69, 9.17) is 19.7 Å². The molecule has 0 saturated carbocycles. The first-order valence-corrected chi connectivity index (χ1v) is 10.7. The maximum absolute atomic E-state index is 12.4. The molecule has 8 nitrogen and oxygen atoms in total. The van der Waals surface area contributed by atoms with E-state index < -0.39 is 25.2 Å². The first-order chi connectivity index (χ1) is 17.3. The fourth-order valence-electron chi connectivity index (χ4n) is 3.02. The van der Waals surface area contributed by atoms with Crippen LogP contribution in [0.15, 0.2) is 84.9 Å². The van der Waals surface area contributed by atoms with E-state index in [1.54, 1.807) is 42.5 Å². The van der Waals surface area contributed by atoms with Crippen LogP contribution in [-0.4, -0.2) is 46.9 Å².